The molecule has 0 spiro atoms. The van der Waals surface area contributed by atoms with Crippen molar-refractivity contribution < 1.29 is 14.3 Å². The standard InChI is InChI=1S/C18H15N3O3/c19-18(24-12-22,14-8-2-1-3-9-14)17(23)21-15-10-4-6-13-7-5-11-20-16(13)15/h1-12H,19H2,(H,21,23). The highest BCUT2D eigenvalue weighted by Gasteiger charge is 2.38. The number of pyridine rings is 1. The number of nitrogens with zero attached hydrogens (tertiary/aromatic N) is 1. The Morgan fingerprint density at radius 2 is 1.83 bits per heavy atom. The van der Waals surface area contributed by atoms with Crippen LogP contribution in [-0.4, -0.2) is 17.4 Å². The van der Waals surface area contributed by atoms with Gasteiger partial charge in [-0.3, -0.25) is 20.3 Å². The first kappa shape index (κ1) is 15.6. The van der Waals surface area contributed by atoms with E-state index in [9.17, 15) is 9.59 Å². The molecule has 0 aliphatic heterocycles. The Kier molecular flexibility index (Phi) is 4.22. The highest BCUT2D eigenvalue weighted by Crippen LogP contribution is 2.25. The molecule has 1 amide bonds. The number of rotatable bonds is 5. The van der Waals surface area contributed by atoms with Crippen LogP contribution in [0.5, 0.6) is 0 Å². The smallest absolute Gasteiger partial charge is 0.295 e. The molecule has 24 heavy (non-hydrogen) atoms. The number of nitrogens with two attached hydrogens (primary N) is 1. The molecular weight excluding hydrogens is 306 g/mol. The SMILES string of the molecule is NC(OC=O)(C(=O)Nc1cccc2cccnc12)c1ccccc1. The molecule has 0 aliphatic carbocycles. The summed E-state index contributed by atoms with van der Waals surface area (Å²) in [5.74, 6) is -0.668. The second kappa shape index (κ2) is 6.47. The monoisotopic (exact) mass is 321 g/mol. The first-order valence-corrected chi connectivity index (χ1v) is 7.26. The molecule has 0 saturated heterocycles. The zero-order valence-corrected chi connectivity index (χ0v) is 12.7. The molecule has 6 nitrogen and oxygen atoms in total. The van der Waals surface area contributed by atoms with Crippen molar-refractivity contribution in [2.75, 3.05) is 5.32 Å². The van der Waals surface area contributed by atoms with Gasteiger partial charge in [0.15, 0.2) is 0 Å². The zero-order chi connectivity index (χ0) is 17.0. The molecule has 2 aromatic carbocycles. The Hall–Kier alpha value is -3.25. The van der Waals surface area contributed by atoms with Crippen molar-refractivity contribution in [3.8, 4) is 0 Å². The van der Waals surface area contributed by atoms with Gasteiger partial charge in [0.2, 0.25) is 0 Å². The van der Waals surface area contributed by atoms with E-state index in [1.54, 1.807) is 54.7 Å². The molecule has 0 radical (unpaired) electrons. The van der Waals surface area contributed by atoms with Crippen molar-refractivity contribution in [3.63, 3.8) is 0 Å². The maximum Gasteiger partial charge on any atom is 0.295 e. The van der Waals surface area contributed by atoms with E-state index in [2.05, 4.69) is 10.3 Å². The summed E-state index contributed by atoms with van der Waals surface area (Å²) in [5, 5.41) is 3.57. The van der Waals surface area contributed by atoms with Crippen LogP contribution in [0.3, 0.4) is 0 Å². The average Bonchev–Trinajstić information content (AvgIpc) is 2.63. The predicted molar refractivity (Wildman–Crippen MR) is 89.8 cm³/mol. The molecule has 0 saturated carbocycles. The van der Waals surface area contributed by atoms with Crippen LogP contribution in [-0.2, 0) is 20.1 Å². The fourth-order valence-electron chi connectivity index (χ4n) is 2.43. The summed E-state index contributed by atoms with van der Waals surface area (Å²) < 4.78 is 4.93. The highest BCUT2D eigenvalue weighted by molar-refractivity contribution is 6.04. The van der Waals surface area contributed by atoms with Gasteiger partial charge in [-0.1, -0.05) is 48.5 Å². The van der Waals surface area contributed by atoms with E-state index < -0.39 is 11.6 Å². The van der Waals surface area contributed by atoms with Gasteiger partial charge in [-0.15, -0.1) is 0 Å². The number of aromatic nitrogens is 1. The lowest BCUT2D eigenvalue weighted by atomic mass is 10.0. The molecule has 3 rings (SSSR count). The van der Waals surface area contributed by atoms with E-state index in [0.29, 0.717) is 16.8 Å². The molecule has 1 unspecified atom stereocenters. The summed E-state index contributed by atoms with van der Waals surface area (Å²) in [6.45, 7) is 0.161. The third-order valence-corrected chi connectivity index (χ3v) is 3.65. The molecule has 0 aliphatic rings. The highest BCUT2D eigenvalue weighted by atomic mass is 16.6. The number of nitrogens with one attached hydrogen (secondary N) is 1. The summed E-state index contributed by atoms with van der Waals surface area (Å²) in [7, 11) is 0. The normalized spacial score (nSPS) is 13.0. The molecule has 1 atom stereocenters. The van der Waals surface area contributed by atoms with Gasteiger partial charge in [-0.2, -0.15) is 0 Å². The predicted octanol–water partition coefficient (Wildman–Crippen LogP) is 2.16. The number of hydrogen-bond acceptors (Lipinski definition) is 5. The van der Waals surface area contributed by atoms with Crippen LogP contribution in [0.4, 0.5) is 5.69 Å². The maximum absolute atomic E-state index is 12.7. The van der Waals surface area contributed by atoms with Gasteiger partial charge in [0, 0.05) is 17.1 Å². The van der Waals surface area contributed by atoms with E-state index in [1.807, 2.05) is 12.1 Å². The number of hydrogen-bond donors (Lipinski definition) is 2. The van der Waals surface area contributed by atoms with E-state index >= 15 is 0 Å². The number of carbonyl (C=O) groups excluding carboxylic acids is 2. The number of para-hydroxylation sites is 1. The summed E-state index contributed by atoms with van der Waals surface area (Å²) in [4.78, 5) is 27.9. The van der Waals surface area contributed by atoms with Gasteiger partial charge in [-0.05, 0) is 12.1 Å². The van der Waals surface area contributed by atoms with Crippen LogP contribution in [0.1, 0.15) is 5.56 Å². The Morgan fingerprint density at radius 3 is 2.58 bits per heavy atom. The fraction of sp³-hybridized carbons (Fsp3) is 0.0556. The molecule has 1 heterocycles. The van der Waals surface area contributed by atoms with Crippen LogP contribution < -0.4 is 11.1 Å². The summed E-state index contributed by atoms with van der Waals surface area (Å²) >= 11 is 0. The fourth-order valence-corrected chi connectivity index (χ4v) is 2.43. The average molecular weight is 321 g/mol. The second-order valence-electron chi connectivity index (χ2n) is 5.15. The lowest BCUT2D eigenvalue weighted by molar-refractivity contribution is -0.155. The molecular formula is C18H15N3O3. The first-order chi connectivity index (χ1) is 11.6. The molecule has 6 heteroatoms. The van der Waals surface area contributed by atoms with Gasteiger partial charge in [0.05, 0.1) is 11.2 Å². The summed E-state index contributed by atoms with van der Waals surface area (Å²) in [6.07, 6.45) is 1.63. The van der Waals surface area contributed by atoms with Crippen molar-refractivity contribution in [1.82, 2.24) is 4.98 Å². The van der Waals surface area contributed by atoms with Crippen molar-refractivity contribution in [2.45, 2.75) is 5.72 Å². The van der Waals surface area contributed by atoms with Gasteiger partial charge < -0.3 is 10.1 Å². The van der Waals surface area contributed by atoms with E-state index in [0.717, 1.165) is 5.39 Å². The Balaban J connectivity index is 1.98. The van der Waals surface area contributed by atoms with Gasteiger partial charge in [0.25, 0.3) is 18.1 Å². The number of benzene rings is 2. The Morgan fingerprint density at radius 1 is 1.08 bits per heavy atom. The van der Waals surface area contributed by atoms with Crippen molar-refractivity contribution in [3.05, 3.63) is 72.4 Å². The number of carbonyl (C=O) groups is 2. The minimum Gasteiger partial charge on any atom is -0.432 e. The van der Waals surface area contributed by atoms with Crippen LogP contribution >= 0.6 is 0 Å². The van der Waals surface area contributed by atoms with E-state index in [4.69, 9.17) is 10.5 Å². The van der Waals surface area contributed by atoms with Crippen molar-refractivity contribution >= 4 is 29.0 Å². The topological polar surface area (TPSA) is 94.3 Å². The van der Waals surface area contributed by atoms with Crippen molar-refractivity contribution in [2.24, 2.45) is 5.73 Å². The quantitative estimate of drug-likeness (QED) is 0.555. The van der Waals surface area contributed by atoms with Gasteiger partial charge in [0.1, 0.15) is 0 Å². The third-order valence-electron chi connectivity index (χ3n) is 3.65. The van der Waals surface area contributed by atoms with Crippen LogP contribution in [0, 0.1) is 0 Å². The van der Waals surface area contributed by atoms with Crippen LogP contribution in [0.25, 0.3) is 10.9 Å². The van der Waals surface area contributed by atoms with E-state index in [-0.39, 0.29) is 6.47 Å². The number of anilines is 1. The lowest BCUT2D eigenvalue weighted by Crippen LogP contribution is -2.50. The van der Waals surface area contributed by atoms with Gasteiger partial charge >= 0.3 is 0 Å². The minimum atomic E-state index is -1.93. The molecule has 3 N–H and O–H groups in total. The minimum absolute atomic E-state index is 0.161. The van der Waals surface area contributed by atoms with E-state index in [1.165, 1.54) is 0 Å². The molecule has 0 fully saturated rings. The Labute approximate surface area is 138 Å². The first-order valence-electron chi connectivity index (χ1n) is 7.26. The lowest BCUT2D eigenvalue weighted by Gasteiger charge is -2.26. The largest absolute Gasteiger partial charge is 0.432 e. The van der Waals surface area contributed by atoms with Crippen LogP contribution in [0.2, 0.25) is 0 Å². The molecule has 3 aromatic rings. The van der Waals surface area contributed by atoms with Crippen LogP contribution in [0.15, 0.2) is 66.9 Å². The number of ether oxygens (including phenoxy) is 1. The zero-order valence-electron chi connectivity index (χ0n) is 12.7. The molecule has 120 valence electrons. The van der Waals surface area contributed by atoms with Crippen molar-refractivity contribution in [1.29, 1.82) is 0 Å². The maximum atomic E-state index is 12.7. The third kappa shape index (κ3) is 2.82. The molecule has 1 aromatic heterocycles. The summed E-state index contributed by atoms with van der Waals surface area (Å²) in [6, 6.07) is 17.5. The number of fused-ring (bicyclic) bond motifs is 1. The summed E-state index contributed by atoms with van der Waals surface area (Å²) in [5.41, 5.74) is 5.62. The Bertz CT molecular complexity index is 878. The molecule has 0 bridgehead atoms. The van der Waals surface area contributed by atoms with Gasteiger partial charge in [-0.25, -0.2) is 0 Å². The second-order valence-corrected chi connectivity index (χ2v) is 5.15. The number of amides is 1.